The lowest BCUT2D eigenvalue weighted by Gasteiger charge is -2.01. The van der Waals surface area contributed by atoms with Crippen LogP contribution in [-0.2, 0) is 0 Å². The number of halogens is 2. The molecule has 1 aromatic carbocycles. The van der Waals surface area contributed by atoms with Crippen molar-refractivity contribution in [1.29, 1.82) is 0 Å². The fourth-order valence-electron chi connectivity index (χ4n) is 1.68. The van der Waals surface area contributed by atoms with Gasteiger partial charge in [-0.2, -0.15) is 5.10 Å². The molecule has 0 saturated carbocycles. The molecule has 1 N–H and O–H groups in total. The van der Waals surface area contributed by atoms with E-state index in [2.05, 4.69) is 15.2 Å². The number of H-pyrrole nitrogens is 1. The van der Waals surface area contributed by atoms with Crippen molar-refractivity contribution in [3.8, 4) is 11.1 Å². The summed E-state index contributed by atoms with van der Waals surface area (Å²) < 4.78 is 13.5. The van der Waals surface area contributed by atoms with Gasteiger partial charge in [0.05, 0.1) is 11.7 Å². The summed E-state index contributed by atoms with van der Waals surface area (Å²) in [5.74, 6) is -0.254. The summed E-state index contributed by atoms with van der Waals surface area (Å²) in [6.45, 7) is 0. The molecule has 3 nitrogen and oxygen atoms in total. The molecule has 2 aromatic heterocycles. The third-order valence-electron chi connectivity index (χ3n) is 2.50. The highest BCUT2D eigenvalue weighted by atomic mass is 35.5. The molecule has 0 saturated heterocycles. The molecule has 0 atom stereocenters. The first-order chi connectivity index (χ1) is 7.84. The Hall–Kier alpha value is -1.94. The van der Waals surface area contributed by atoms with Crippen LogP contribution in [0.2, 0.25) is 0 Å². The molecule has 5 heteroatoms. The average Bonchev–Trinajstić information content (AvgIpc) is 2.83. The van der Waals surface area contributed by atoms with Crippen molar-refractivity contribution >= 4 is 23.3 Å². The minimum Gasteiger partial charge on any atom is -0.285 e. The van der Waals surface area contributed by atoms with Crippen molar-refractivity contribution in [2.24, 2.45) is 0 Å². The molecular formula is C12H9ClFN3. The van der Waals surface area contributed by atoms with Crippen LogP contribution in [0.5, 0.6) is 0 Å². The Morgan fingerprint density at radius 1 is 1.12 bits per heavy atom. The first kappa shape index (κ1) is 11.5. The van der Waals surface area contributed by atoms with Crippen molar-refractivity contribution in [3.63, 3.8) is 0 Å². The molecule has 0 bridgehead atoms. The quantitative estimate of drug-likeness (QED) is 0.720. The highest BCUT2D eigenvalue weighted by Gasteiger charge is 2.04. The zero-order valence-electron chi connectivity index (χ0n) is 8.72. The fourth-order valence-corrected chi connectivity index (χ4v) is 1.68. The second kappa shape index (κ2) is 4.51. The smallest absolute Gasteiger partial charge is 0.132 e. The van der Waals surface area contributed by atoms with E-state index >= 15 is 0 Å². The Morgan fingerprint density at radius 3 is 2.76 bits per heavy atom. The zero-order chi connectivity index (χ0) is 11.0. The van der Waals surface area contributed by atoms with Gasteiger partial charge in [0.2, 0.25) is 0 Å². The van der Waals surface area contributed by atoms with Crippen LogP contribution in [0.15, 0.2) is 42.9 Å². The Bertz CT molecular complexity index is 637. The highest BCUT2D eigenvalue weighted by molar-refractivity contribution is 5.85. The molecule has 0 aliphatic carbocycles. The maximum atomic E-state index is 13.5. The normalized spacial score (nSPS) is 10.2. The monoisotopic (exact) mass is 249 g/mol. The van der Waals surface area contributed by atoms with Crippen molar-refractivity contribution in [1.82, 2.24) is 15.2 Å². The van der Waals surface area contributed by atoms with Crippen LogP contribution in [0, 0.1) is 5.82 Å². The average molecular weight is 250 g/mol. The Labute approximate surface area is 103 Å². The maximum absolute atomic E-state index is 13.5. The van der Waals surface area contributed by atoms with E-state index in [9.17, 15) is 4.39 Å². The van der Waals surface area contributed by atoms with Crippen molar-refractivity contribution < 1.29 is 4.39 Å². The molecule has 17 heavy (non-hydrogen) atoms. The first-order valence-electron chi connectivity index (χ1n) is 4.88. The number of hydrogen-bond donors (Lipinski definition) is 1. The van der Waals surface area contributed by atoms with E-state index in [-0.39, 0.29) is 18.2 Å². The molecule has 0 unspecified atom stereocenters. The van der Waals surface area contributed by atoms with Gasteiger partial charge in [-0.05, 0) is 18.2 Å². The Morgan fingerprint density at radius 2 is 2.00 bits per heavy atom. The standard InChI is InChI=1S/C12H8FN3.ClH/c13-11-2-1-3-12-10(11)4-8(5-14-12)9-6-15-16-7-9;/h1-7H,(H,15,16);1H. The maximum Gasteiger partial charge on any atom is 0.132 e. The summed E-state index contributed by atoms with van der Waals surface area (Å²) in [7, 11) is 0. The Balaban J connectivity index is 0.00000108. The lowest BCUT2D eigenvalue weighted by atomic mass is 10.1. The summed E-state index contributed by atoms with van der Waals surface area (Å²) in [4.78, 5) is 4.22. The van der Waals surface area contributed by atoms with E-state index in [1.54, 1.807) is 36.8 Å². The van der Waals surface area contributed by atoms with E-state index in [4.69, 9.17) is 0 Å². The van der Waals surface area contributed by atoms with Crippen LogP contribution in [0.4, 0.5) is 4.39 Å². The lowest BCUT2D eigenvalue weighted by Crippen LogP contribution is -1.84. The number of nitrogens with zero attached hydrogens (tertiary/aromatic N) is 2. The molecule has 2 heterocycles. The molecule has 0 aliphatic heterocycles. The third kappa shape index (κ3) is 1.99. The fraction of sp³-hybridized carbons (Fsp3) is 0. The van der Waals surface area contributed by atoms with Crippen LogP contribution >= 0.6 is 12.4 Å². The van der Waals surface area contributed by atoms with E-state index in [0.717, 1.165) is 11.1 Å². The van der Waals surface area contributed by atoms with Gasteiger partial charge in [-0.3, -0.25) is 10.1 Å². The SMILES string of the molecule is Cl.Fc1cccc2ncc(-c3cn[nH]c3)cc12. The number of rotatable bonds is 1. The number of aromatic amines is 1. The van der Waals surface area contributed by atoms with E-state index in [1.165, 1.54) is 6.07 Å². The van der Waals surface area contributed by atoms with E-state index in [1.807, 2.05) is 0 Å². The molecule has 0 fully saturated rings. The molecule has 3 aromatic rings. The summed E-state index contributed by atoms with van der Waals surface area (Å²) in [5.41, 5.74) is 2.41. The van der Waals surface area contributed by atoms with Gasteiger partial charge in [0.1, 0.15) is 5.82 Å². The third-order valence-corrected chi connectivity index (χ3v) is 2.50. The van der Waals surface area contributed by atoms with Crippen molar-refractivity contribution in [2.45, 2.75) is 0 Å². The Kier molecular flexibility index (Phi) is 3.06. The van der Waals surface area contributed by atoms with Crippen LogP contribution in [0.3, 0.4) is 0 Å². The molecule has 0 amide bonds. The minimum atomic E-state index is -0.254. The van der Waals surface area contributed by atoms with Gasteiger partial charge in [0.15, 0.2) is 0 Å². The molecule has 0 radical (unpaired) electrons. The second-order valence-electron chi connectivity index (χ2n) is 3.52. The topological polar surface area (TPSA) is 41.6 Å². The van der Waals surface area contributed by atoms with Crippen molar-refractivity contribution in [2.75, 3.05) is 0 Å². The van der Waals surface area contributed by atoms with Crippen LogP contribution in [0.25, 0.3) is 22.0 Å². The molecule has 0 aliphatic rings. The first-order valence-corrected chi connectivity index (χ1v) is 4.88. The zero-order valence-corrected chi connectivity index (χ0v) is 9.54. The number of fused-ring (bicyclic) bond motifs is 1. The molecule has 86 valence electrons. The summed E-state index contributed by atoms with van der Waals surface area (Å²) >= 11 is 0. The largest absolute Gasteiger partial charge is 0.285 e. The van der Waals surface area contributed by atoms with Gasteiger partial charge >= 0.3 is 0 Å². The predicted molar refractivity (Wildman–Crippen MR) is 66.5 cm³/mol. The molecule has 0 spiro atoms. The minimum absolute atomic E-state index is 0. The number of aromatic nitrogens is 3. The van der Waals surface area contributed by atoms with Gasteiger partial charge in [0.25, 0.3) is 0 Å². The van der Waals surface area contributed by atoms with Crippen LogP contribution in [-0.4, -0.2) is 15.2 Å². The van der Waals surface area contributed by atoms with Gasteiger partial charge in [-0.1, -0.05) is 6.07 Å². The van der Waals surface area contributed by atoms with Gasteiger partial charge < -0.3 is 0 Å². The van der Waals surface area contributed by atoms with E-state index in [0.29, 0.717) is 10.9 Å². The van der Waals surface area contributed by atoms with Gasteiger partial charge in [0, 0.05) is 28.9 Å². The lowest BCUT2D eigenvalue weighted by molar-refractivity contribution is 0.639. The summed E-state index contributed by atoms with van der Waals surface area (Å²) in [6.07, 6.45) is 5.15. The van der Waals surface area contributed by atoms with Crippen molar-refractivity contribution in [3.05, 3.63) is 48.7 Å². The van der Waals surface area contributed by atoms with Crippen LogP contribution in [0.1, 0.15) is 0 Å². The highest BCUT2D eigenvalue weighted by Crippen LogP contribution is 2.23. The van der Waals surface area contributed by atoms with Crippen LogP contribution < -0.4 is 0 Å². The van der Waals surface area contributed by atoms with Gasteiger partial charge in [-0.25, -0.2) is 4.39 Å². The molecule has 3 rings (SSSR count). The van der Waals surface area contributed by atoms with Gasteiger partial charge in [-0.15, -0.1) is 12.4 Å². The predicted octanol–water partition coefficient (Wildman–Crippen LogP) is 3.19. The number of hydrogen-bond acceptors (Lipinski definition) is 2. The molecular weight excluding hydrogens is 241 g/mol. The second-order valence-corrected chi connectivity index (χ2v) is 3.52. The number of nitrogens with one attached hydrogen (secondary N) is 1. The summed E-state index contributed by atoms with van der Waals surface area (Å²) in [5, 5.41) is 7.10. The van der Waals surface area contributed by atoms with E-state index < -0.39 is 0 Å². The number of benzene rings is 1. The number of pyridine rings is 1. The summed E-state index contributed by atoms with van der Waals surface area (Å²) in [6, 6.07) is 6.66.